The Bertz CT molecular complexity index is 212. The smallest absolute Gasteiger partial charge is 0.251 e. The monoisotopic (exact) mass is 200 g/mol. The number of piperazine rings is 1. The number of rotatable bonds is 3. The minimum Gasteiger partial charge on any atom is -0.372 e. The summed E-state index contributed by atoms with van der Waals surface area (Å²) in [6.45, 7) is 4.17. The summed E-state index contributed by atoms with van der Waals surface area (Å²) in [7, 11) is 1.52. The largest absolute Gasteiger partial charge is 0.372 e. The van der Waals surface area contributed by atoms with Crippen LogP contribution in [0.1, 0.15) is 6.92 Å². The zero-order valence-electron chi connectivity index (χ0n) is 8.60. The van der Waals surface area contributed by atoms with Crippen LogP contribution in [0.3, 0.4) is 0 Å². The molecule has 1 atom stereocenters. The van der Waals surface area contributed by atoms with E-state index in [1.165, 1.54) is 7.11 Å². The van der Waals surface area contributed by atoms with Crippen molar-refractivity contribution in [1.82, 2.24) is 9.80 Å². The van der Waals surface area contributed by atoms with E-state index in [9.17, 15) is 9.59 Å². The van der Waals surface area contributed by atoms with Crippen molar-refractivity contribution < 1.29 is 14.3 Å². The molecule has 1 unspecified atom stereocenters. The number of hydrogen-bond acceptors (Lipinski definition) is 3. The highest BCUT2D eigenvalue weighted by Gasteiger charge is 2.23. The van der Waals surface area contributed by atoms with Crippen molar-refractivity contribution in [2.75, 3.05) is 33.3 Å². The second-order valence-corrected chi connectivity index (χ2v) is 3.34. The third-order valence-electron chi connectivity index (χ3n) is 2.48. The molecule has 80 valence electrons. The van der Waals surface area contributed by atoms with Gasteiger partial charge < -0.3 is 14.5 Å². The summed E-state index contributed by atoms with van der Waals surface area (Å²) in [6, 6.07) is 0. The van der Waals surface area contributed by atoms with Crippen LogP contribution in [0.15, 0.2) is 0 Å². The first-order chi connectivity index (χ1) is 6.69. The summed E-state index contributed by atoms with van der Waals surface area (Å²) in [4.78, 5) is 25.4. The number of ether oxygens (including phenoxy) is 1. The van der Waals surface area contributed by atoms with Crippen molar-refractivity contribution in [1.29, 1.82) is 0 Å². The highest BCUT2D eigenvalue weighted by Crippen LogP contribution is 2.03. The topological polar surface area (TPSA) is 49.9 Å². The van der Waals surface area contributed by atoms with Gasteiger partial charge in [0.1, 0.15) is 6.10 Å². The highest BCUT2D eigenvalue weighted by atomic mass is 16.5. The summed E-state index contributed by atoms with van der Waals surface area (Å²) in [6.07, 6.45) is 0.430. The van der Waals surface area contributed by atoms with Crippen LogP contribution in [0.5, 0.6) is 0 Å². The Kier molecular flexibility index (Phi) is 3.88. The Morgan fingerprint density at radius 3 is 2.36 bits per heavy atom. The molecular formula is C9H16N2O3. The molecule has 0 aliphatic carbocycles. The van der Waals surface area contributed by atoms with E-state index in [0.717, 1.165) is 6.41 Å². The number of methoxy groups -OCH3 is 1. The standard InChI is InChI=1S/C9H16N2O3/c1-8(14-2)9(13)11-5-3-10(7-12)4-6-11/h7-8H,3-6H2,1-2H3. The number of carbonyl (C=O) groups excluding carboxylic acids is 2. The summed E-state index contributed by atoms with van der Waals surface area (Å²) < 4.78 is 4.94. The molecule has 5 heteroatoms. The molecule has 0 aromatic carbocycles. The molecule has 1 fully saturated rings. The van der Waals surface area contributed by atoms with E-state index in [4.69, 9.17) is 4.74 Å². The van der Waals surface area contributed by atoms with E-state index in [1.54, 1.807) is 16.7 Å². The lowest BCUT2D eigenvalue weighted by Gasteiger charge is -2.33. The lowest BCUT2D eigenvalue weighted by molar-refractivity contribution is -0.143. The van der Waals surface area contributed by atoms with Crippen LogP contribution in [0, 0.1) is 0 Å². The molecule has 0 saturated carbocycles. The third kappa shape index (κ3) is 2.45. The number of hydrogen-bond donors (Lipinski definition) is 0. The van der Waals surface area contributed by atoms with Gasteiger partial charge in [0.25, 0.3) is 5.91 Å². The van der Waals surface area contributed by atoms with Crippen LogP contribution >= 0.6 is 0 Å². The fourth-order valence-corrected chi connectivity index (χ4v) is 1.41. The molecule has 14 heavy (non-hydrogen) atoms. The summed E-state index contributed by atoms with van der Waals surface area (Å²) in [5, 5.41) is 0. The molecule has 0 N–H and O–H groups in total. The molecule has 1 heterocycles. The molecule has 0 bridgehead atoms. The molecule has 0 radical (unpaired) electrons. The maximum Gasteiger partial charge on any atom is 0.251 e. The molecule has 1 aliphatic heterocycles. The second-order valence-electron chi connectivity index (χ2n) is 3.34. The van der Waals surface area contributed by atoms with Gasteiger partial charge in [-0.1, -0.05) is 0 Å². The van der Waals surface area contributed by atoms with E-state index >= 15 is 0 Å². The lowest BCUT2D eigenvalue weighted by atomic mass is 10.2. The van der Waals surface area contributed by atoms with Gasteiger partial charge in [-0.2, -0.15) is 0 Å². The second kappa shape index (κ2) is 4.95. The quantitative estimate of drug-likeness (QED) is 0.567. The molecule has 0 spiro atoms. The average molecular weight is 200 g/mol. The van der Waals surface area contributed by atoms with Crippen molar-refractivity contribution in [2.45, 2.75) is 13.0 Å². The Labute approximate surface area is 83.6 Å². The molecule has 0 aromatic rings. The Hall–Kier alpha value is -1.10. The molecule has 2 amide bonds. The molecular weight excluding hydrogens is 184 g/mol. The molecule has 1 aliphatic rings. The number of carbonyl (C=O) groups is 2. The van der Waals surface area contributed by atoms with Crippen LogP contribution in [-0.4, -0.2) is 61.5 Å². The normalized spacial score (nSPS) is 19.3. The van der Waals surface area contributed by atoms with Crippen LogP contribution in [0.25, 0.3) is 0 Å². The van der Waals surface area contributed by atoms with Crippen LogP contribution < -0.4 is 0 Å². The van der Waals surface area contributed by atoms with Gasteiger partial charge in [0.15, 0.2) is 0 Å². The van der Waals surface area contributed by atoms with Crippen molar-refractivity contribution in [2.24, 2.45) is 0 Å². The fourth-order valence-electron chi connectivity index (χ4n) is 1.41. The summed E-state index contributed by atoms with van der Waals surface area (Å²) in [5.41, 5.74) is 0. The molecule has 1 saturated heterocycles. The Balaban J connectivity index is 2.41. The van der Waals surface area contributed by atoms with E-state index < -0.39 is 6.10 Å². The maximum absolute atomic E-state index is 11.6. The first-order valence-electron chi connectivity index (χ1n) is 4.70. The molecule has 0 aromatic heterocycles. The number of nitrogens with zero attached hydrogens (tertiary/aromatic N) is 2. The zero-order chi connectivity index (χ0) is 10.6. The molecule has 5 nitrogen and oxygen atoms in total. The van der Waals surface area contributed by atoms with Crippen molar-refractivity contribution in [3.05, 3.63) is 0 Å². The Morgan fingerprint density at radius 2 is 1.93 bits per heavy atom. The zero-order valence-corrected chi connectivity index (χ0v) is 8.60. The van der Waals surface area contributed by atoms with E-state index in [1.807, 2.05) is 0 Å². The molecule has 1 rings (SSSR count). The minimum absolute atomic E-state index is 0.00181. The maximum atomic E-state index is 11.6. The average Bonchev–Trinajstić information content (AvgIpc) is 2.27. The summed E-state index contributed by atoms with van der Waals surface area (Å²) in [5.74, 6) is -0.00181. The van der Waals surface area contributed by atoms with Crippen molar-refractivity contribution >= 4 is 12.3 Å². The van der Waals surface area contributed by atoms with Gasteiger partial charge in [-0.15, -0.1) is 0 Å². The number of amides is 2. The predicted octanol–water partition coefficient (Wildman–Crippen LogP) is -0.678. The van der Waals surface area contributed by atoms with Gasteiger partial charge in [0, 0.05) is 33.3 Å². The SMILES string of the molecule is COC(C)C(=O)N1CCN(C=O)CC1. The van der Waals surface area contributed by atoms with Crippen LogP contribution in [0.2, 0.25) is 0 Å². The third-order valence-corrected chi connectivity index (χ3v) is 2.48. The van der Waals surface area contributed by atoms with Gasteiger partial charge in [0.05, 0.1) is 0 Å². The first kappa shape index (κ1) is 11.0. The highest BCUT2D eigenvalue weighted by molar-refractivity contribution is 5.80. The fraction of sp³-hybridized carbons (Fsp3) is 0.778. The minimum atomic E-state index is -0.391. The predicted molar refractivity (Wildman–Crippen MR) is 50.7 cm³/mol. The lowest BCUT2D eigenvalue weighted by Crippen LogP contribution is -2.50. The summed E-state index contributed by atoms with van der Waals surface area (Å²) >= 11 is 0. The van der Waals surface area contributed by atoms with E-state index in [-0.39, 0.29) is 5.91 Å². The van der Waals surface area contributed by atoms with Crippen molar-refractivity contribution in [3.8, 4) is 0 Å². The van der Waals surface area contributed by atoms with Gasteiger partial charge in [0.2, 0.25) is 6.41 Å². The van der Waals surface area contributed by atoms with Gasteiger partial charge in [-0.25, -0.2) is 0 Å². The van der Waals surface area contributed by atoms with Gasteiger partial charge in [-0.3, -0.25) is 9.59 Å². The van der Waals surface area contributed by atoms with Gasteiger partial charge >= 0.3 is 0 Å². The Morgan fingerprint density at radius 1 is 1.36 bits per heavy atom. The van der Waals surface area contributed by atoms with Crippen molar-refractivity contribution in [3.63, 3.8) is 0 Å². The van der Waals surface area contributed by atoms with E-state index in [2.05, 4.69) is 0 Å². The van der Waals surface area contributed by atoms with Crippen LogP contribution in [-0.2, 0) is 14.3 Å². The van der Waals surface area contributed by atoms with E-state index in [0.29, 0.717) is 26.2 Å². The first-order valence-corrected chi connectivity index (χ1v) is 4.70. The van der Waals surface area contributed by atoms with Gasteiger partial charge in [-0.05, 0) is 6.92 Å². The van der Waals surface area contributed by atoms with Crippen LogP contribution in [0.4, 0.5) is 0 Å².